The van der Waals surface area contributed by atoms with E-state index < -0.39 is 0 Å². The van der Waals surface area contributed by atoms with Gasteiger partial charge in [0.15, 0.2) is 6.10 Å². The monoisotopic (exact) mass is 294 g/mol. The number of hydrogen-bond acceptors (Lipinski definition) is 4. The van der Waals surface area contributed by atoms with Crippen molar-refractivity contribution in [2.24, 2.45) is 11.8 Å². The summed E-state index contributed by atoms with van der Waals surface area (Å²) >= 11 is 0. The Hall–Kier alpha value is -0.460. The number of epoxide rings is 2. The van der Waals surface area contributed by atoms with Crippen molar-refractivity contribution in [3.63, 3.8) is 0 Å². The van der Waals surface area contributed by atoms with Gasteiger partial charge in [0.2, 0.25) is 0 Å². The molecule has 5 nitrogen and oxygen atoms in total. The van der Waals surface area contributed by atoms with Gasteiger partial charge >= 0.3 is 0 Å². The van der Waals surface area contributed by atoms with Crippen LogP contribution in [-0.2, 0) is 14.2 Å². The fourth-order valence-electron chi connectivity index (χ4n) is 4.41. The second-order valence-corrected chi connectivity index (χ2v) is 7.24. The van der Waals surface area contributed by atoms with Crippen molar-refractivity contribution >= 4 is 0 Å². The molecule has 4 aliphatic heterocycles. The van der Waals surface area contributed by atoms with Crippen LogP contribution in [0.25, 0.3) is 0 Å². The zero-order valence-corrected chi connectivity index (χ0v) is 12.2. The maximum Gasteiger partial charge on any atom is 0.291 e. The Morgan fingerprint density at radius 2 is 1.81 bits per heavy atom. The first kappa shape index (κ1) is 13.0. The van der Waals surface area contributed by atoms with E-state index in [-0.39, 0.29) is 12.4 Å². The van der Waals surface area contributed by atoms with Crippen molar-refractivity contribution in [3.8, 4) is 0 Å². The van der Waals surface area contributed by atoms with E-state index in [1.807, 2.05) is 0 Å². The average molecular weight is 294 g/mol. The number of ether oxygens (including phenoxy) is 3. The zero-order chi connectivity index (χ0) is 14.0. The van der Waals surface area contributed by atoms with Crippen molar-refractivity contribution in [1.29, 1.82) is 0 Å². The van der Waals surface area contributed by atoms with E-state index in [2.05, 4.69) is 17.1 Å². The summed E-state index contributed by atoms with van der Waals surface area (Å²) in [6.07, 6.45) is 10.3. The largest absolute Gasteiger partial charge is 0.419 e. The van der Waals surface area contributed by atoms with Gasteiger partial charge < -0.3 is 14.6 Å². The number of nitrogens with zero attached hydrogens (tertiary/aromatic N) is 1. The molecule has 4 heterocycles. The molecule has 1 saturated carbocycles. The molecule has 0 aromatic carbocycles. The number of hydrogen-bond donors (Lipinski definition) is 0. The molecule has 4 fully saturated rings. The van der Waals surface area contributed by atoms with Crippen molar-refractivity contribution in [2.45, 2.75) is 62.6 Å². The lowest BCUT2D eigenvalue weighted by Crippen LogP contribution is -2.57. The van der Waals surface area contributed by atoms with Gasteiger partial charge in [0.25, 0.3) is 6.29 Å². The summed E-state index contributed by atoms with van der Waals surface area (Å²) in [5, 5.41) is 7.59. The van der Waals surface area contributed by atoms with Crippen LogP contribution in [-0.4, -0.2) is 60.0 Å². The van der Waals surface area contributed by atoms with Gasteiger partial charge in [-0.1, -0.05) is 12.2 Å². The van der Waals surface area contributed by atoms with Crippen LogP contribution < -0.4 is 0 Å². The molecular formula is C16H24NO4+. The van der Waals surface area contributed by atoms with Crippen LogP contribution in [0.2, 0.25) is 0 Å². The highest BCUT2D eigenvalue weighted by Crippen LogP contribution is 2.42. The topological polar surface area (TPSA) is 60.4 Å². The van der Waals surface area contributed by atoms with E-state index in [4.69, 9.17) is 19.3 Å². The summed E-state index contributed by atoms with van der Waals surface area (Å²) in [6.45, 7) is 2.00. The van der Waals surface area contributed by atoms with E-state index in [0.29, 0.717) is 30.4 Å². The van der Waals surface area contributed by atoms with Crippen LogP contribution in [0.1, 0.15) is 25.7 Å². The van der Waals surface area contributed by atoms with Crippen LogP contribution in [0.3, 0.4) is 0 Å². The molecule has 6 unspecified atom stereocenters. The van der Waals surface area contributed by atoms with Crippen molar-refractivity contribution < 1.29 is 19.3 Å². The molecule has 2 N–H and O–H groups in total. The summed E-state index contributed by atoms with van der Waals surface area (Å²) in [6, 6.07) is 0.529. The minimum absolute atomic E-state index is 0.225. The lowest BCUT2D eigenvalue weighted by Gasteiger charge is -2.43. The van der Waals surface area contributed by atoms with E-state index in [1.165, 1.54) is 25.7 Å². The van der Waals surface area contributed by atoms with E-state index >= 15 is 0 Å². The first-order valence-electron chi connectivity index (χ1n) is 8.37. The fourth-order valence-corrected chi connectivity index (χ4v) is 4.41. The Morgan fingerprint density at radius 3 is 2.48 bits per heavy atom. The fraction of sp³-hybridized carbons (Fsp3) is 0.875. The van der Waals surface area contributed by atoms with Crippen LogP contribution in [0.15, 0.2) is 12.2 Å². The van der Waals surface area contributed by atoms with Crippen LogP contribution in [0.4, 0.5) is 0 Å². The smallest absolute Gasteiger partial charge is 0.291 e. The normalized spacial score (nSPS) is 55.1. The number of fused-ring (bicyclic) bond motifs is 2. The van der Waals surface area contributed by atoms with Gasteiger partial charge in [-0.25, -0.2) is 0 Å². The molecule has 116 valence electrons. The highest BCUT2D eigenvalue weighted by Gasteiger charge is 2.53. The lowest BCUT2D eigenvalue weighted by molar-refractivity contribution is -0.124. The van der Waals surface area contributed by atoms with Crippen molar-refractivity contribution in [2.75, 3.05) is 13.2 Å². The Morgan fingerprint density at radius 1 is 1.05 bits per heavy atom. The van der Waals surface area contributed by atoms with Gasteiger partial charge in [-0.15, -0.1) is 0 Å². The van der Waals surface area contributed by atoms with Gasteiger partial charge in [-0.2, -0.15) is 0 Å². The molecule has 5 heteroatoms. The first-order valence-corrected chi connectivity index (χ1v) is 8.37. The molecule has 21 heavy (non-hydrogen) atoms. The highest BCUT2D eigenvalue weighted by molar-refractivity contribution is 5.15. The van der Waals surface area contributed by atoms with Gasteiger partial charge in [-0.05, 0) is 37.5 Å². The molecule has 3 saturated heterocycles. The molecule has 1 aliphatic carbocycles. The lowest BCUT2D eigenvalue weighted by atomic mass is 9.80. The Labute approximate surface area is 124 Å². The molecule has 0 aromatic rings. The Balaban J connectivity index is 1.19. The first-order chi connectivity index (χ1) is 10.3. The SMILES string of the molecule is [OH2+]C1OC1C1CCC(CN2C3COC3C=CC3OC32)CC1. The van der Waals surface area contributed by atoms with E-state index in [0.717, 1.165) is 19.1 Å². The van der Waals surface area contributed by atoms with Crippen LogP contribution >= 0.6 is 0 Å². The number of rotatable bonds is 3. The summed E-state index contributed by atoms with van der Waals surface area (Å²) in [4.78, 5) is 2.56. The third-order valence-electron chi connectivity index (χ3n) is 5.93. The highest BCUT2D eigenvalue weighted by atomic mass is 16.7. The van der Waals surface area contributed by atoms with Gasteiger partial charge in [-0.3, -0.25) is 9.64 Å². The maximum atomic E-state index is 7.59. The molecule has 5 rings (SSSR count). The second-order valence-electron chi connectivity index (χ2n) is 7.24. The van der Waals surface area contributed by atoms with Crippen LogP contribution in [0.5, 0.6) is 0 Å². The van der Waals surface area contributed by atoms with E-state index in [1.54, 1.807) is 0 Å². The molecule has 0 amide bonds. The third-order valence-corrected chi connectivity index (χ3v) is 5.93. The molecule has 0 aromatic heterocycles. The predicted molar refractivity (Wildman–Crippen MR) is 75.8 cm³/mol. The summed E-state index contributed by atoms with van der Waals surface area (Å²) < 4.78 is 16.8. The van der Waals surface area contributed by atoms with Crippen molar-refractivity contribution in [1.82, 2.24) is 4.90 Å². The van der Waals surface area contributed by atoms with E-state index in [9.17, 15) is 0 Å². The van der Waals surface area contributed by atoms with Crippen molar-refractivity contribution in [3.05, 3.63) is 12.2 Å². The molecule has 0 spiro atoms. The summed E-state index contributed by atoms with van der Waals surface area (Å²) in [7, 11) is 0. The molecule has 0 radical (unpaired) electrons. The molecule has 6 atom stereocenters. The van der Waals surface area contributed by atoms with Crippen LogP contribution in [0, 0.1) is 11.8 Å². The standard InChI is InChI=1S/C16H23NO4/c18-16-14(21-16)10-3-1-9(2-4-10)7-17-11-8-19-12(11)5-6-13-15(17)20-13/h5-6,9-16,18H,1-4,7-8H2/p+1. The minimum atomic E-state index is -0.225. The Kier molecular flexibility index (Phi) is 2.96. The summed E-state index contributed by atoms with van der Waals surface area (Å²) in [5.74, 6) is 1.41. The summed E-state index contributed by atoms with van der Waals surface area (Å²) in [5.41, 5.74) is 0. The Bertz CT molecular complexity index is 448. The predicted octanol–water partition coefficient (Wildman–Crippen LogP) is 0.606. The maximum absolute atomic E-state index is 7.59. The van der Waals surface area contributed by atoms with Gasteiger partial charge in [0, 0.05) is 6.54 Å². The molecular weight excluding hydrogens is 270 g/mol. The molecule has 5 aliphatic rings. The minimum Gasteiger partial charge on any atom is -0.419 e. The second kappa shape index (κ2) is 4.77. The average Bonchev–Trinajstić information content (AvgIpc) is 3.34. The van der Waals surface area contributed by atoms with Gasteiger partial charge in [0.1, 0.15) is 12.3 Å². The zero-order valence-electron chi connectivity index (χ0n) is 12.2. The molecule has 0 bridgehead atoms. The third kappa shape index (κ3) is 2.26. The van der Waals surface area contributed by atoms with Gasteiger partial charge in [0.05, 0.1) is 18.8 Å². The quantitative estimate of drug-likeness (QED) is 0.435.